The number of nitrogens with one attached hydrogen (secondary N) is 2. The molecule has 4 rings (SSSR count). The fourth-order valence-corrected chi connectivity index (χ4v) is 2.92. The van der Waals surface area contributed by atoms with Crippen LogP contribution in [0.1, 0.15) is 28.0 Å². The number of aromatic amines is 1. The molecule has 0 saturated carbocycles. The molecule has 10 heteroatoms. The molecule has 1 atom stereocenters. The van der Waals surface area contributed by atoms with Gasteiger partial charge in [-0.05, 0) is 24.3 Å². The van der Waals surface area contributed by atoms with E-state index in [1.165, 1.54) is 12.1 Å². The van der Waals surface area contributed by atoms with Crippen LogP contribution in [0.3, 0.4) is 0 Å². The third-order valence-electron chi connectivity index (χ3n) is 4.47. The molecule has 1 unspecified atom stereocenters. The fourth-order valence-electron chi connectivity index (χ4n) is 2.92. The molecule has 0 spiro atoms. The molecule has 1 amide bonds. The van der Waals surface area contributed by atoms with Crippen LogP contribution in [-0.4, -0.2) is 32.7 Å². The van der Waals surface area contributed by atoms with E-state index >= 15 is 0 Å². The van der Waals surface area contributed by atoms with E-state index in [1.54, 1.807) is 6.07 Å². The van der Waals surface area contributed by atoms with Gasteiger partial charge in [-0.25, -0.2) is 0 Å². The number of carbonyl (C=O) groups excluding carboxylic acids is 1. The Morgan fingerprint density at radius 2 is 1.90 bits per heavy atom. The Morgan fingerprint density at radius 1 is 1.17 bits per heavy atom. The summed E-state index contributed by atoms with van der Waals surface area (Å²) in [5, 5.41) is 16.8. The lowest BCUT2D eigenvalue weighted by Gasteiger charge is -2.11. The minimum Gasteiger partial charge on any atom is -0.394 e. The highest BCUT2D eigenvalue weighted by atomic mass is 19.4. The maximum atomic E-state index is 12.7. The normalized spacial score (nSPS) is 12.8. The van der Waals surface area contributed by atoms with Gasteiger partial charge in [0.2, 0.25) is 5.82 Å². The molecule has 2 heterocycles. The van der Waals surface area contributed by atoms with E-state index in [4.69, 9.17) is 4.52 Å². The highest BCUT2D eigenvalue weighted by Gasteiger charge is 2.30. The van der Waals surface area contributed by atoms with Crippen LogP contribution in [0.15, 0.2) is 59.1 Å². The number of benzene rings is 2. The first-order chi connectivity index (χ1) is 14.3. The van der Waals surface area contributed by atoms with Crippen LogP contribution in [0.25, 0.3) is 22.3 Å². The largest absolute Gasteiger partial charge is 0.416 e. The van der Waals surface area contributed by atoms with Crippen LogP contribution in [0.2, 0.25) is 0 Å². The second kappa shape index (κ2) is 7.64. The molecular formula is C20H15F3N4O3. The van der Waals surface area contributed by atoms with E-state index < -0.39 is 30.3 Å². The van der Waals surface area contributed by atoms with Gasteiger partial charge in [0.25, 0.3) is 11.8 Å². The van der Waals surface area contributed by atoms with Crippen molar-refractivity contribution >= 4 is 16.8 Å². The number of fused-ring (bicyclic) bond motifs is 1. The molecule has 3 N–H and O–H groups in total. The van der Waals surface area contributed by atoms with Crippen molar-refractivity contribution in [1.82, 2.24) is 20.4 Å². The Bertz CT molecular complexity index is 1150. The Kier molecular flexibility index (Phi) is 5.00. The summed E-state index contributed by atoms with van der Waals surface area (Å²) in [6.07, 6.45) is -4.45. The molecule has 0 aliphatic carbocycles. The predicted octanol–water partition coefficient (Wildman–Crippen LogP) is 3.70. The second-order valence-corrected chi connectivity index (χ2v) is 6.51. The summed E-state index contributed by atoms with van der Waals surface area (Å²) < 4.78 is 43.2. The molecule has 30 heavy (non-hydrogen) atoms. The first-order valence-corrected chi connectivity index (χ1v) is 8.86. The monoisotopic (exact) mass is 416 g/mol. The molecule has 0 fully saturated rings. The Morgan fingerprint density at radius 3 is 2.57 bits per heavy atom. The number of halogens is 3. The predicted molar refractivity (Wildman–Crippen MR) is 100 cm³/mol. The third kappa shape index (κ3) is 3.90. The number of aliphatic hydroxyl groups is 1. The number of carbonyl (C=O) groups is 1. The summed E-state index contributed by atoms with van der Waals surface area (Å²) in [6, 6.07) is 12.3. The molecule has 154 valence electrons. The standard InChI is InChI=1S/C20H15F3N4O3/c21-20(22,23)13-7-5-11(6-8-13)17-26-19(30-27-17)16(10-28)25-18(29)15-9-12-3-1-2-4-14(12)24-15/h1-9,16,24,28H,10H2,(H,25,29). The maximum absolute atomic E-state index is 12.7. The van der Waals surface area contributed by atoms with Crippen molar-refractivity contribution in [2.45, 2.75) is 12.2 Å². The zero-order valence-corrected chi connectivity index (χ0v) is 15.3. The summed E-state index contributed by atoms with van der Waals surface area (Å²) in [6.45, 7) is -0.513. The number of hydrogen-bond acceptors (Lipinski definition) is 5. The summed E-state index contributed by atoms with van der Waals surface area (Å²) in [7, 11) is 0. The van der Waals surface area contributed by atoms with Crippen molar-refractivity contribution in [3.8, 4) is 11.4 Å². The molecule has 0 radical (unpaired) electrons. The summed E-state index contributed by atoms with van der Waals surface area (Å²) in [4.78, 5) is 19.6. The average molecular weight is 416 g/mol. The molecule has 4 aromatic rings. The van der Waals surface area contributed by atoms with Crippen molar-refractivity contribution in [3.63, 3.8) is 0 Å². The van der Waals surface area contributed by atoms with E-state index in [0.717, 1.165) is 23.0 Å². The van der Waals surface area contributed by atoms with Gasteiger partial charge in [0, 0.05) is 16.5 Å². The minimum atomic E-state index is -4.45. The van der Waals surface area contributed by atoms with Gasteiger partial charge in [0.05, 0.1) is 12.2 Å². The number of aliphatic hydroxyl groups excluding tert-OH is 1. The first-order valence-electron chi connectivity index (χ1n) is 8.86. The van der Waals surface area contributed by atoms with Gasteiger partial charge < -0.3 is 19.9 Å². The Hall–Kier alpha value is -3.66. The van der Waals surface area contributed by atoms with Gasteiger partial charge in [-0.3, -0.25) is 4.79 Å². The van der Waals surface area contributed by atoms with Crippen molar-refractivity contribution in [2.24, 2.45) is 0 Å². The number of hydrogen-bond donors (Lipinski definition) is 3. The van der Waals surface area contributed by atoms with Crippen molar-refractivity contribution in [3.05, 3.63) is 71.7 Å². The van der Waals surface area contributed by atoms with E-state index in [-0.39, 0.29) is 17.4 Å². The number of nitrogens with zero attached hydrogens (tertiary/aromatic N) is 2. The third-order valence-corrected chi connectivity index (χ3v) is 4.47. The highest BCUT2D eigenvalue weighted by Crippen LogP contribution is 2.30. The number of aromatic nitrogens is 3. The zero-order valence-electron chi connectivity index (χ0n) is 15.3. The number of amides is 1. The van der Waals surface area contributed by atoms with Gasteiger partial charge in [0.1, 0.15) is 11.7 Å². The average Bonchev–Trinajstić information content (AvgIpc) is 3.38. The summed E-state index contributed by atoms with van der Waals surface area (Å²) in [5.41, 5.74) is 0.577. The molecule has 0 saturated heterocycles. The Labute approximate surface area is 167 Å². The SMILES string of the molecule is O=C(NC(CO)c1nc(-c2ccc(C(F)(F)F)cc2)no1)c1cc2ccccc2[nH]1. The van der Waals surface area contributed by atoms with Crippen molar-refractivity contribution in [2.75, 3.05) is 6.61 Å². The maximum Gasteiger partial charge on any atom is 0.416 e. The van der Waals surface area contributed by atoms with Gasteiger partial charge in [-0.15, -0.1) is 0 Å². The number of rotatable bonds is 5. The molecule has 0 aliphatic heterocycles. The molecule has 0 bridgehead atoms. The second-order valence-electron chi connectivity index (χ2n) is 6.51. The summed E-state index contributed by atoms with van der Waals surface area (Å²) >= 11 is 0. The van der Waals surface area contributed by atoms with Crippen LogP contribution < -0.4 is 5.32 Å². The molecule has 2 aromatic heterocycles. The molecule has 2 aromatic carbocycles. The van der Waals surface area contributed by atoms with Gasteiger partial charge in [-0.1, -0.05) is 35.5 Å². The number of H-pyrrole nitrogens is 1. The number of alkyl halides is 3. The van der Waals surface area contributed by atoms with E-state index in [9.17, 15) is 23.1 Å². The van der Waals surface area contributed by atoms with E-state index in [0.29, 0.717) is 5.56 Å². The molecule has 0 aliphatic rings. The molecule has 7 nitrogen and oxygen atoms in total. The zero-order chi connectivity index (χ0) is 21.3. The first kappa shape index (κ1) is 19.6. The van der Waals surface area contributed by atoms with Crippen LogP contribution >= 0.6 is 0 Å². The van der Waals surface area contributed by atoms with Crippen LogP contribution in [0.5, 0.6) is 0 Å². The van der Waals surface area contributed by atoms with Crippen molar-refractivity contribution in [1.29, 1.82) is 0 Å². The fraction of sp³-hybridized carbons (Fsp3) is 0.150. The quantitative estimate of drug-likeness (QED) is 0.460. The highest BCUT2D eigenvalue weighted by molar-refractivity contribution is 5.98. The lowest BCUT2D eigenvalue weighted by atomic mass is 10.1. The van der Waals surface area contributed by atoms with Gasteiger partial charge in [-0.2, -0.15) is 18.2 Å². The number of para-hydroxylation sites is 1. The smallest absolute Gasteiger partial charge is 0.394 e. The summed E-state index contributed by atoms with van der Waals surface area (Å²) in [5.74, 6) is -0.520. The topological polar surface area (TPSA) is 104 Å². The minimum absolute atomic E-state index is 0.0389. The lowest BCUT2D eigenvalue weighted by Crippen LogP contribution is -2.31. The van der Waals surface area contributed by atoms with Crippen molar-refractivity contribution < 1.29 is 27.6 Å². The van der Waals surface area contributed by atoms with E-state index in [1.807, 2.05) is 24.3 Å². The van der Waals surface area contributed by atoms with Crippen LogP contribution in [0.4, 0.5) is 13.2 Å². The van der Waals surface area contributed by atoms with Gasteiger partial charge >= 0.3 is 6.18 Å². The van der Waals surface area contributed by atoms with Gasteiger partial charge in [0.15, 0.2) is 0 Å². The molecular weight excluding hydrogens is 401 g/mol. The van der Waals surface area contributed by atoms with E-state index in [2.05, 4.69) is 20.4 Å². The lowest BCUT2D eigenvalue weighted by molar-refractivity contribution is -0.137. The van der Waals surface area contributed by atoms with Crippen LogP contribution in [-0.2, 0) is 6.18 Å². The van der Waals surface area contributed by atoms with Crippen LogP contribution in [0, 0.1) is 0 Å². The Balaban J connectivity index is 1.51.